The largest absolute Gasteiger partial charge is 0.489 e. The van der Waals surface area contributed by atoms with Crippen molar-refractivity contribution in [3.8, 4) is 5.75 Å². The molecule has 1 atom stereocenters. The van der Waals surface area contributed by atoms with E-state index in [1.807, 2.05) is 19.9 Å². The molecule has 19 heavy (non-hydrogen) atoms. The minimum absolute atomic E-state index is 0.155. The third-order valence-electron chi connectivity index (χ3n) is 2.87. The van der Waals surface area contributed by atoms with Crippen LogP contribution in [0.1, 0.15) is 45.7 Å². The van der Waals surface area contributed by atoms with Crippen LogP contribution in [0, 0.1) is 5.82 Å². The zero-order valence-electron chi connectivity index (χ0n) is 12.3. The van der Waals surface area contributed by atoms with E-state index in [2.05, 4.69) is 19.2 Å². The van der Waals surface area contributed by atoms with E-state index in [0.29, 0.717) is 12.4 Å². The maximum atomic E-state index is 13.3. The Kier molecular flexibility index (Phi) is 6.57. The summed E-state index contributed by atoms with van der Waals surface area (Å²) in [6.07, 6.45) is 3.05. The molecule has 1 unspecified atom stereocenters. The average molecular weight is 265 g/mol. The molecule has 1 rings (SSSR count). The molecule has 1 N–H and O–H groups in total. The maximum Gasteiger partial charge on any atom is 0.127 e. The Balaban J connectivity index is 2.81. The molecule has 1 aromatic carbocycles. The molecule has 2 nitrogen and oxygen atoms in total. The SMILES string of the molecule is CCCNC(C)c1ccc(F)cc1OCC=C(C)C. The first-order chi connectivity index (χ1) is 9.04. The number of halogens is 1. The third-order valence-corrected chi connectivity index (χ3v) is 2.87. The summed E-state index contributed by atoms with van der Waals surface area (Å²) in [4.78, 5) is 0. The second-order valence-electron chi connectivity index (χ2n) is 4.95. The summed E-state index contributed by atoms with van der Waals surface area (Å²) in [6.45, 7) is 9.63. The molecule has 0 amide bonds. The lowest BCUT2D eigenvalue weighted by molar-refractivity contribution is 0.350. The summed E-state index contributed by atoms with van der Waals surface area (Å²) < 4.78 is 19.0. The van der Waals surface area contributed by atoms with Gasteiger partial charge >= 0.3 is 0 Å². The van der Waals surface area contributed by atoms with E-state index in [9.17, 15) is 4.39 Å². The molecule has 0 fully saturated rings. The van der Waals surface area contributed by atoms with Crippen LogP contribution in [0.5, 0.6) is 5.75 Å². The van der Waals surface area contributed by atoms with Crippen LogP contribution in [0.3, 0.4) is 0 Å². The number of hydrogen-bond donors (Lipinski definition) is 1. The Bertz CT molecular complexity index is 425. The second-order valence-corrected chi connectivity index (χ2v) is 4.95. The first-order valence-electron chi connectivity index (χ1n) is 6.83. The van der Waals surface area contributed by atoms with Crippen molar-refractivity contribution >= 4 is 0 Å². The molecule has 0 aliphatic heterocycles. The van der Waals surface area contributed by atoms with Crippen molar-refractivity contribution in [2.24, 2.45) is 0 Å². The minimum atomic E-state index is -0.265. The average Bonchev–Trinajstić information content (AvgIpc) is 2.35. The van der Waals surface area contributed by atoms with Gasteiger partial charge < -0.3 is 10.1 Å². The van der Waals surface area contributed by atoms with Gasteiger partial charge in [0.25, 0.3) is 0 Å². The highest BCUT2D eigenvalue weighted by Crippen LogP contribution is 2.26. The van der Waals surface area contributed by atoms with Gasteiger partial charge in [-0.15, -0.1) is 0 Å². The Morgan fingerprint density at radius 3 is 2.79 bits per heavy atom. The van der Waals surface area contributed by atoms with Crippen molar-refractivity contribution in [1.82, 2.24) is 5.32 Å². The minimum Gasteiger partial charge on any atom is -0.489 e. The van der Waals surface area contributed by atoms with E-state index in [0.717, 1.165) is 18.5 Å². The van der Waals surface area contributed by atoms with Gasteiger partial charge in [0.05, 0.1) is 0 Å². The molecule has 3 heteroatoms. The number of benzene rings is 1. The normalized spacial score (nSPS) is 12.1. The van der Waals surface area contributed by atoms with Crippen LogP contribution >= 0.6 is 0 Å². The molecule has 0 saturated heterocycles. The molecule has 0 aliphatic carbocycles. The number of hydrogen-bond acceptors (Lipinski definition) is 2. The molecule has 106 valence electrons. The number of ether oxygens (including phenoxy) is 1. The highest BCUT2D eigenvalue weighted by atomic mass is 19.1. The zero-order chi connectivity index (χ0) is 14.3. The quantitative estimate of drug-likeness (QED) is 0.745. The van der Waals surface area contributed by atoms with Crippen LogP contribution in [-0.4, -0.2) is 13.2 Å². The Morgan fingerprint density at radius 1 is 1.42 bits per heavy atom. The van der Waals surface area contributed by atoms with Gasteiger partial charge in [-0.05, 0) is 45.9 Å². The van der Waals surface area contributed by atoms with Gasteiger partial charge in [0.15, 0.2) is 0 Å². The van der Waals surface area contributed by atoms with Crippen molar-refractivity contribution in [3.05, 3.63) is 41.2 Å². The summed E-state index contributed by atoms with van der Waals surface area (Å²) in [5.41, 5.74) is 2.19. The molecule has 0 spiro atoms. The number of allylic oxidation sites excluding steroid dienone is 1. The van der Waals surface area contributed by atoms with Crippen LogP contribution in [0.2, 0.25) is 0 Å². The lowest BCUT2D eigenvalue weighted by Crippen LogP contribution is -2.20. The smallest absolute Gasteiger partial charge is 0.127 e. The Hall–Kier alpha value is -1.35. The fourth-order valence-corrected chi connectivity index (χ4v) is 1.76. The van der Waals surface area contributed by atoms with Gasteiger partial charge in [-0.3, -0.25) is 0 Å². The van der Waals surface area contributed by atoms with Gasteiger partial charge in [-0.2, -0.15) is 0 Å². The van der Waals surface area contributed by atoms with Crippen LogP contribution in [0.15, 0.2) is 29.8 Å². The fraction of sp³-hybridized carbons (Fsp3) is 0.500. The highest BCUT2D eigenvalue weighted by molar-refractivity contribution is 5.36. The summed E-state index contributed by atoms with van der Waals surface area (Å²) in [5.74, 6) is 0.354. The second kappa shape index (κ2) is 7.95. The summed E-state index contributed by atoms with van der Waals surface area (Å²) in [6, 6.07) is 4.88. The topological polar surface area (TPSA) is 21.3 Å². The molecule has 1 aromatic rings. The molecule has 0 aromatic heterocycles. The van der Waals surface area contributed by atoms with Crippen LogP contribution in [-0.2, 0) is 0 Å². The molecule has 0 radical (unpaired) electrons. The fourth-order valence-electron chi connectivity index (χ4n) is 1.76. The molecule has 0 saturated carbocycles. The van der Waals surface area contributed by atoms with Crippen LogP contribution in [0.25, 0.3) is 0 Å². The predicted octanol–water partition coefficient (Wildman–Crippen LogP) is 4.23. The lowest BCUT2D eigenvalue weighted by Gasteiger charge is -2.18. The van der Waals surface area contributed by atoms with E-state index in [-0.39, 0.29) is 11.9 Å². The summed E-state index contributed by atoms with van der Waals surface area (Å²) >= 11 is 0. The van der Waals surface area contributed by atoms with Gasteiger partial charge in [0, 0.05) is 17.7 Å². The van der Waals surface area contributed by atoms with Crippen molar-refractivity contribution in [3.63, 3.8) is 0 Å². The first-order valence-corrected chi connectivity index (χ1v) is 6.83. The van der Waals surface area contributed by atoms with Gasteiger partial charge in [-0.1, -0.05) is 18.6 Å². The standard InChI is InChI=1S/C16H24FNO/c1-5-9-18-13(4)15-7-6-14(17)11-16(15)19-10-8-12(2)3/h6-8,11,13,18H,5,9-10H2,1-4H3. The number of nitrogens with one attached hydrogen (secondary N) is 1. The zero-order valence-corrected chi connectivity index (χ0v) is 12.3. The van der Waals surface area contributed by atoms with E-state index >= 15 is 0 Å². The van der Waals surface area contributed by atoms with Gasteiger partial charge in [-0.25, -0.2) is 4.39 Å². The van der Waals surface area contributed by atoms with Gasteiger partial charge in [0.1, 0.15) is 18.2 Å². The first kappa shape index (κ1) is 15.7. The summed E-state index contributed by atoms with van der Waals surface area (Å²) in [7, 11) is 0. The summed E-state index contributed by atoms with van der Waals surface area (Å²) in [5, 5.41) is 3.39. The molecule has 0 heterocycles. The molecular formula is C16H24FNO. The number of rotatable bonds is 7. The Morgan fingerprint density at radius 2 is 2.16 bits per heavy atom. The van der Waals surface area contributed by atoms with Crippen molar-refractivity contribution in [2.75, 3.05) is 13.2 Å². The van der Waals surface area contributed by atoms with Crippen LogP contribution in [0.4, 0.5) is 4.39 Å². The van der Waals surface area contributed by atoms with E-state index in [1.54, 1.807) is 6.07 Å². The highest BCUT2D eigenvalue weighted by Gasteiger charge is 2.11. The van der Waals surface area contributed by atoms with Crippen molar-refractivity contribution in [1.29, 1.82) is 0 Å². The Labute approximate surface area is 115 Å². The third kappa shape index (κ3) is 5.43. The monoisotopic (exact) mass is 265 g/mol. The molecule has 0 aliphatic rings. The van der Waals surface area contributed by atoms with E-state index in [1.165, 1.54) is 17.7 Å². The van der Waals surface area contributed by atoms with E-state index < -0.39 is 0 Å². The van der Waals surface area contributed by atoms with Crippen molar-refractivity contribution in [2.45, 2.75) is 40.2 Å². The van der Waals surface area contributed by atoms with Crippen LogP contribution < -0.4 is 10.1 Å². The molecule has 0 bridgehead atoms. The molecular weight excluding hydrogens is 241 g/mol. The van der Waals surface area contributed by atoms with Gasteiger partial charge in [0.2, 0.25) is 0 Å². The van der Waals surface area contributed by atoms with E-state index in [4.69, 9.17) is 4.74 Å². The lowest BCUT2D eigenvalue weighted by atomic mass is 10.1. The van der Waals surface area contributed by atoms with Crippen molar-refractivity contribution < 1.29 is 9.13 Å². The predicted molar refractivity (Wildman–Crippen MR) is 78.0 cm³/mol. The maximum absolute atomic E-state index is 13.3.